The first kappa shape index (κ1) is 14.9. The van der Waals surface area contributed by atoms with Gasteiger partial charge in [0.25, 0.3) is 0 Å². The highest BCUT2D eigenvalue weighted by Gasteiger charge is 2.05. The Morgan fingerprint density at radius 2 is 2.15 bits per heavy atom. The molecule has 20 heavy (non-hydrogen) atoms. The molecule has 106 valence electrons. The molecule has 5 heteroatoms. The second-order valence-corrected chi connectivity index (χ2v) is 5.60. The van der Waals surface area contributed by atoms with Crippen LogP contribution in [0.4, 0.5) is 4.39 Å². The van der Waals surface area contributed by atoms with Crippen molar-refractivity contribution in [3.05, 3.63) is 47.5 Å². The fourth-order valence-electron chi connectivity index (χ4n) is 1.77. The number of halogens is 1. The van der Waals surface area contributed by atoms with Gasteiger partial charge in [0.2, 0.25) is 0 Å². The molecule has 3 nitrogen and oxygen atoms in total. The molecule has 0 aliphatic carbocycles. The summed E-state index contributed by atoms with van der Waals surface area (Å²) in [5, 5.41) is 3.91. The number of nitrogens with one attached hydrogen (secondary N) is 1. The number of rotatable bonds is 6. The van der Waals surface area contributed by atoms with Gasteiger partial charge in [0.15, 0.2) is 5.16 Å². The molecule has 0 saturated heterocycles. The van der Waals surface area contributed by atoms with Crippen molar-refractivity contribution < 1.29 is 4.39 Å². The molecule has 0 spiro atoms. The van der Waals surface area contributed by atoms with E-state index in [1.54, 1.807) is 12.3 Å². The van der Waals surface area contributed by atoms with Crippen molar-refractivity contribution in [2.45, 2.75) is 36.9 Å². The van der Waals surface area contributed by atoms with Gasteiger partial charge in [0, 0.05) is 23.3 Å². The zero-order valence-corrected chi connectivity index (χ0v) is 12.5. The van der Waals surface area contributed by atoms with E-state index in [1.165, 1.54) is 17.8 Å². The van der Waals surface area contributed by atoms with E-state index >= 15 is 0 Å². The highest BCUT2D eigenvalue weighted by atomic mass is 32.2. The molecule has 0 aliphatic rings. The van der Waals surface area contributed by atoms with E-state index < -0.39 is 0 Å². The van der Waals surface area contributed by atoms with E-state index in [0.29, 0.717) is 11.7 Å². The molecular formula is C15H18FN3S. The summed E-state index contributed by atoms with van der Waals surface area (Å²) in [5.41, 5.74) is 1.84. The minimum absolute atomic E-state index is 0.226. The SMILES string of the molecule is CCCNCc1cc(F)cc(Sc2nccc(C)n2)c1. The van der Waals surface area contributed by atoms with E-state index in [4.69, 9.17) is 0 Å². The van der Waals surface area contributed by atoms with Gasteiger partial charge in [0.05, 0.1) is 0 Å². The first-order valence-corrected chi connectivity index (χ1v) is 7.46. The van der Waals surface area contributed by atoms with Crippen LogP contribution in [0.2, 0.25) is 0 Å². The Kier molecular flexibility index (Phi) is 5.49. The van der Waals surface area contributed by atoms with E-state index in [1.807, 2.05) is 19.1 Å². The molecule has 2 rings (SSSR count). The smallest absolute Gasteiger partial charge is 0.192 e. The standard InChI is InChI=1S/C15H18FN3S/c1-3-5-17-10-12-7-13(16)9-14(8-12)20-15-18-6-4-11(2)19-15/h4,6-9,17H,3,5,10H2,1-2H3. The van der Waals surface area contributed by atoms with Gasteiger partial charge in [-0.15, -0.1) is 0 Å². The summed E-state index contributed by atoms with van der Waals surface area (Å²) < 4.78 is 13.6. The zero-order chi connectivity index (χ0) is 14.4. The Labute approximate surface area is 123 Å². The maximum atomic E-state index is 13.6. The Morgan fingerprint density at radius 1 is 1.30 bits per heavy atom. The molecule has 0 radical (unpaired) electrons. The summed E-state index contributed by atoms with van der Waals surface area (Å²) in [6, 6.07) is 6.89. The highest BCUT2D eigenvalue weighted by molar-refractivity contribution is 7.99. The van der Waals surface area contributed by atoms with Crippen LogP contribution in [0, 0.1) is 12.7 Å². The predicted molar refractivity (Wildman–Crippen MR) is 79.3 cm³/mol. The molecule has 0 amide bonds. The quantitative estimate of drug-likeness (QED) is 0.652. The van der Waals surface area contributed by atoms with Crippen LogP contribution < -0.4 is 5.32 Å². The monoisotopic (exact) mass is 291 g/mol. The van der Waals surface area contributed by atoms with Crippen LogP contribution in [0.15, 0.2) is 40.5 Å². The number of aromatic nitrogens is 2. The number of aryl methyl sites for hydroxylation is 1. The van der Waals surface area contributed by atoms with Crippen molar-refractivity contribution in [2.75, 3.05) is 6.54 Å². The number of hydrogen-bond acceptors (Lipinski definition) is 4. The fourth-order valence-corrected chi connectivity index (χ4v) is 2.67. The van der Waals surface area contributed by atoms with Crippen LogP contribution in [-0.2, 0) is 6.54 Å². The van der Waals surface area contributed by atoms with Crippen LogP contribution in [0.3, 0.4) is 0 Å². The van der Waals surface area contributed by atoms with Gasteiger partial charge < -0.3 is 5.32 Å². The zero-order valence-electron chi connectivity index (χ0n) is 11.7. The first-order chi connectivity index (χ1) is 9.67. The topological polar surface area (TPSA) is 37.8 Å². The molecule has 0 atom stereocenters. The third-order valence-corrected chi connectivity index (χ3v) is 3.52. The summed E-state index contributed by atoms with van der Waals surface area (Å²) in [6.45, 7) is 5.63. The summed E-state index contributed by atoms with van der Waals surface area (Å²) >= 11 is 1.38. The van der Waals surface area contributed by atoms with Gasteiger partial charge in [-0.3, -0.25) is 0 Å². The summed E-state index contributed by atoms with van der Waals surface area (Å²) in [4.78, 5) is 9.32. The number of hydrogen-bond donors (Lipinski definition) is 1. The highest BCUT2D eigenvalue weighted by Crippen LogP contribution is 2.26. The van der Waals surface area contributed by atoms with Gasteiger partial charge in [0.1, 0.15) is 5.82 Å². The Morgan fingerprint density at radius 3 is 2.90 bits per heavy atom. The summed E-state index contributed by atoms with van der Waals surface area (Å²) in [7, 11) is 0. The summed E-state index contributed by atoms with van der Waals surface area (Å²) in [5.74, 6) is -0.226. The van der Waals surface area contributed by atoms with Crippen molar-refractivity contribution in [1.29, 1.82) is 0 Å². The molecule has 1 aromatic heterocycles. The lowest BCUT2D eigenvalue weighted by molar-refractivity contribution is 0.615. The lowest BCUT2D eigenvalue weighted by atomic mass is 10.2. The summed E-state index contributed by atoms with van der Waals surface area (Å²) in [6.07, 6.45) is 2.78. The Balaban J connectivity index is 2.11. The molecule has 0 unspecified atom stereocenters. The molecule has 2 aromatic rings. The molecule has 0 saturated carbocycles. The van der Waals surface area contributed by atoms with E-state index in [2.05, 4.69) is 22.2 Å². The number of nitrogens with zero attached hydrogens (tertiary/aromatic N) is 2. The maximum Gasteiger partial charge on any atom is 0.192 e. The lowest BCUT2D eigenvalue weighted by Gasteiger charge is -2.07. The van der Waals surface area contributed by atoms with Gasteiger partial charge in [-0.25, -0.2) is 14.4 Å². The van der Waals surface area contributed by atoms with Gasteiger partial charge >= 0.3 is 0 Å². The Bertz CT molecular complexity index is 575. The van der Waals surface area contributed by atoms with Crippen LogP contribution in [-0.4, -0.2) is 16.5 Å². The van der Waals surface area contributed by atoms with E-state index in [0.717, 1.165) is 29.1 Å². The van der Waals surface area contributed by atoms with Crippen LogP contribution in [0.1, 0.15) is 24.6 Å². The third kappa shape index (κ3) is 4.58. The lowest BCUT2D eigenvalue weighted by Crippen LogP contribution is -2.13. The average Bonchev–Trinajstić information content (AvgIpc) is 2.38. The van der Waals surface area contributed by atoms with E-state index in [-0.39, 0.29) is 5.82 Å². The second kappa shape index (κ2) is 7.36. The van der Waals surface area contributed by atoms with Crippen molar-refractivity contribution in [3.8, 4) is 0 Å². The van der Waals surface area contributed by atoms with Crippen molar-refractivity contribution in [2.24, 2.45) is 0 Å². The molecule has 0 bridgehead atoms. The molecule has 0 fully saturated rings. The third-order valence-electron chi connectivity index (χ3n) is 2.67. The van der Waals surface area contributed by atoms with Crippen molar-refractivity contribution in [3.63, 3.8) is 0 Å². The molecule has 1 aromatic carbocycles. The fraction of sp³-hybridized carbons (Fsp3) is 0.333. The molecule has 1 N–H and O–H groups in total. The van der Waals surface area contributed by atoms with E-state index in [9.17, 15) is 4.39 Å². The largest absolute Gasteiger partial charge is 0.313 e. The number of benzene rings is 1. The first-order valence-electron chi connectivity index (χ1n) is 6.65. The minimum atomic E-state index is -0.226. The average molecular weight is 291 g/mol. The van der Waals surface area contributed by atoms with Crippen LogP contribution in [0.5, 0.6) is 0 Å². The predicted octanol–water partition coefficient (Wildman–Crippen LogP) is 3.57. The van der Waals surface area contributed by atoms with Crippen LogP contribution in [0.25, 0.3) is 0 Å². The molecule has 1 heterocycles. The van der Waals surface area contributed by atoms with Crippen molar-refractivity contribution in [1.82, 2.24) is 15.3 Å². The Hall–Kier alpha value is -1.46. The minimum Gasteiger partial charge on any atom is -0.313 e. The van der Waals surface area contributed by atoms with Crippen molar-refractivity contribution >= 4 is 11.8 Å². The molecule has 0 aliphatic heterocycles. The maximum absolute atomic E-state index is 13.6. The van der Waals surface area contributed by atoms with Gasteiger partial charge in [-0.1, -0.05) is 6.92 Å². The van der Waals surface area contributed by atoms with Gasteiger partial charge in [-0.05, 0) is 61.5 Å². The van der Waals surface area contributed by atoms with Crippen LogP contribution >= 0.6 is 11.8 Å². The molecular weight excluding hydrogens is 273 g/mol. The normalized spacial score (nSPS) is 10.8. The van der Waals surface area contributed by atoms with Gasteiger partial charge in [-0.2, -0.15) is 0 Å². The second-order valence-electron chi connectivity index (χ2n) is 4.55.